The standard InChI is InChI=1S/C18H18BrFN2OS/c19-16-14(18(21)24)6-7-15(17(16)20)23-13-8-9-22(11-13)10-12-4-2-1-3-5-12/h1-7,13H,8-11H2,(H2,21,24). The molecular formula is C18H18BrFN2OS. The van der Waals surface area contributed by atoms with Gasteiger partial charge in [0.1, 0.15) is 11.1 Å². The van der Waals surface area contributed by atoms with Crippen LogP contribution in [0.1, 0.15) is 17.5 Å². The second-order valence-corrected chi connectivity index (χ2v) is 7.09. The summed E-state index contributed by atoms with van der Waals surface area (Å²) < 4.78 is 20.5. The summed E-state index contributed by atoms with van der Waals surface area (Å²) in [7, 11) is 0. The highest BCUT2D eigenvalue weighted by atomic mass is 79.9. The maximum Gasteiger partial charge on any atom is 0.179 e. The first-order valence-corrected chi connectivity index (χ1v) is 8.95. The Morgan fingerprint density at radius 2 is 2.04 bits per heavy atom. The molecule has 24 heavy (non-hydrogen) atoms. The maximum atomic E-state index is 14.4. The molecular weight excluding hydrogens is 391 g/mol. The molecule has 1 unspecified atom stereocenters. The van der Waals surface area contributed by atoms with Crippen LogP contribution in [-0.2, 0) is 6.54 Å². The molecule has 6 heteroatoms. The van der Waals surface area contributed by atoms with Gasteiger partial charge in [0.05, 0.1) is 4.47 Å². The van der Waals surface area contributed by atoms with Gasteiger partial charge in [-0.3, -0.25) is 4.90 Å². The molecule has 2 N–H and O–H groups in total. The van der Waals surface area contributed by atoms with E-state index in [2.05, 4.69) is 33.0 Å². The van der Waals surface area contributed by atoms with E-state index in [9.17, 15) is 4.39 Å². The normalized spacial score (nSPS) is 17.8. The van der Waals surface area contributed by atoms with E-state index in [1.807, 2.05) is 18.2 Å². The molecule has 0 radical (unpaired) electrons. The zero-order valence-corrected chi connectivity index (χ0v) is 15.4. The van der Waals surface area contributed by atoms with Crippen molar-refractivity contribution in [3.05, 3.63) is 63.9 Å². The van der Waals surface area contributed by atoms with E-state index in [4.69, 9.17) is 22.7 Å². The van der Waals surface area contributed by atoms with Crippen LogP contribution in [0.5, 0.6) is 5.75 Å². The first kappa shape index (κ1) is 17.3. The van der Waals surface area contributed by atoms with Gasteiger partial charge in [-0.1, -0.05) is 42.5 Å². The number of nitrogens with two attached hydrogens (primary N) is 1. The number of ether oxygens (including phenoxy) is 1. The number of hydrogen-bond acceptors (Lipinski definition) is 3. The second-order valence-electron chi connectivity index (χ2n) is 5.85. The van der Waals surface area contributed by atoms with Crippen molar-refractivity contribution < 1.29 is 9.13 Å². The Kier molecular flexibility index (Phi) is 5.48. The lowest BCUT2D eigenvalue weighted by Crippen LogP contribution is -2.25. The lowest BCUT2D eigenvalue weighted by molar-refractivity contribution is 0.190. The van der Waals surface area contributed by atoms with Gasteiger partial charge in [-0.2, -0.15) is 0 Å². The molecule has 2 aromatic carbocycles. The third-order valence-electron chi connectivity index (χ3n) is 4.08. The molecule has 0 amide bonds. The molecule has 1 atom stereocenters. The third kappa shape index (κ3) is 3.94. The molecule has 2 aromatic rings. The van der Waals surface area contributed by atoms with Crippen molar-refractivity contribution >= 4 is 33.1 Å². The van der Waals surface area contributed by atoms with Gasteiger partial charge >= 0.3 is 0 Å². The molecule has 1 saturated heterocycles. The van der Waals surface area contributed by atoms with Crippen LogP contribution < -0.4 is 10.5 Å². The highest BCUT2D eigenvalue weighted by Gasteiger charge is 2.25. The zero-order chi connectivity index (χ0) is 17.1. The van der Waals surface area contributed by atoms with Gasteiger partial charge < -0.3 is 10.5 Å². The predicted molar refractivity (Wildman–Crippen MR) is 101 cm³/mol. The monoisotopic (exact) mass is 408 g/mol. The number of thiocarbonyl (C=S) groups is 1. The summed E-state index contributed by atoms with van der Waals surface area (Å²) in [6, 6.07) is 13.6. The topological polar surface area (TPSA) is 38.5 Å². The summed E-state index contributed by atoms with van der Waals surface area (Å²) in [6.45, 7) is 2.60. The third-order valence-corrected chi connectivity index (χ3v) is 5.08. The molecule has 1 aliphatic heterocycles. The van der Waals surface area contributed by atoms with Crippen molar-refractivity contribution in [1.82, 2.24) is 4.90 Å². The van der Waals surface area contributed by atoms with Crippen molar-refractivity contribution in [2.24, 2.45) is 5.73 Å². The highest BCUT2D eigenvalue weighted by Crippen LogP contribution is 2.30. The van der Waals surface area contributed by atoms with E-state index in [-0.39, 0.29) is 21.3 Å². The van der Waals surface area contributed by atoms with Crippen molar-refractivity contribution in [3.8, 4) is 5.75 Å². The van der Waals surface area contributed by atoms with Gasteiger partial charge in [0.15, 0.2) is 11.6 Å². The first-order chi connectivity index (χ1) is 11.5. The Bertz CT molecular complexity index is 741. The molecule has 0 aromatic heterocycles. The summed E-state index contributed by atoms with van der Waals surface area (Å²) in [6.07, 6.45) is 0.854. The van der Waals surface area contributed by atoms with Gasteiger partial charge in [0.2, 0.25) is 0 Å². The summed E-state index contributed by atoms with van der Waals surface area (Å²) in [5.74, 6) is -0.227. The van der Waals surface area contributed by atoms with Gasteiger partial charge in [0, 0.05) is 25.2 Å². The van der Waals surface area contributed by atoms with E-state index in [0.717, 1.165) is 26.1 Å². The molecule has 0 bridgehead atoms. The van der Waals surface area contributed by atoms with Crippen LogP contribution in [0.25, 0.3) is 0 Å². The largest absolute Gasteiger partial charge is 0.486 e. The van der Waals surface area contributed by atoms with E-state index in [0.29, 0.717) is 5.56 Å². The van der Waals surface area contributed by atoms with Crippen molar-refractivity contribution in [3.63, 3.8) is 0 Å². The molecule has 1 fully saturated rings. The minimum atomic E-state index is -0.457. The Morgan fingerprint density at radius 3 is 2.75 bits per heavy atom. The van der Waals surface area contributed by atoms with Gasteiger partial charge in [-0.25, -0.2) is 4.39 Å². The van der Waals surface area contributed by atoms with Crippen LogP contribution in [0, 0.1) is 5.82 Å². The number of benzene rings is 2. The lowest BCUT2D eigenvalue weighted by Gasteiger charge is -2.18. The van der Waals surface area contributed by atoms with E-state index < -0.39 is 5.82 Å². The summed E-state index contributed by atoms with van der Waals surface area (Å²) in [4.78, 5) is 2.47. The molecule has 0 saturated carbocycles. The molecule has 0 spiro atoms. The van der Waals surface area contributed by atoms with Crippen LogP contribution in [0.15, 0.2) is 46.9 Å². The van der Waals surface area contributed by atoms with Crippen LogP contribution in [0.3, 0.4) is 0 Å². The number of likely N-dealkylation sites (tertiary alicyclic amines) is 1. The Morgan fingerprint density at radius 1 is 1.29 bits per heavy atom. The minimum Gasteiger partial charge on any atom is -0.486 e. The van der Waals surface area contributed by atoms with Crippen molar-refractivity contribution in [1.29, 1.82) is 0 Å². The SMILES string of the molecule is NC(=S)c1ccc(OC2CCN(Cc3ccccc3)C2)c(F)c1Br. The minimum absolute atomic E-state index is 0.0224. The number of hydrogen-bond donors (Lipinski definition) is 1. The molecule has 1 aliphatic rings. The van der Waals surface area contributed by atoms with Crippen LogP contribution in [0.2, 0.25) is 0 Å². The van der Waals surface area contributed by atoms with Gasteiger partial charge in [-0.15, -0.1) is 0 Å². The highest BCUT2D eigenvalue weighted by molar-refractivity contribution is 9.10. The van der Waals surface area contributed by atoms with E-state index in [1.165, 1.54) is 5.56 Å². The number of halogens is 2. The zero-order valence-electron chi connectivity index (χ0n) is 13.0. The van der Waals surface area contributed by atoms with Gasteiger partial charge in [-0.05, 0) is 40.0 Å². The fourth-order valence-corrected chi connectivity index (χ4v) is 3.71. The lowest BCUT2D eigenvalue weighted by atomic mass is 10.2. The van der Waals surface area contributed by atoms with E-state index in [1.54, 1.807) is 12.1 Å². The Balaban J connectivity index is 1.63. The summed E-state index contributed by atoms with van der Waals surface area (Å²) in [5.41, 5.74) is 7.33. The molecule has 126 valence electrons. The molecule has 1 heterocycles. The predicted octanol–water partition coefficient (Wildman–Crippen LogP) is 3.88. The molecule has 0 aliphatic carbocycles. The van der Waals surface area contributed by atoms with E-state index >= 15 is 0 Å². The van der Waals surface area contributed by atoms with Gasteiger partial charge in [0.25, 0.3) is 0 Å². The van der Waals surface area contributed by atoms with Crippen molar-refractivity contribution in [2.45, 2.75) is 19.1 Å². The average Bonchev–Trinajstić information content (AvgIpc) is 2.99. The maximum absolute atomic E-state index is 14.4. The number of nitrogens with zero attached hydrogens (tertiary/aromatic N) is 1. The van der Waals surface area contributed by atoms with Crippen LogP contribution >= 0.6 is 28.1 Å². The quantitative estimate of drug-likeness (QED) is 0.761. The smallest absolute Gasteiger partial charge is 0.179 e. The first-order valence-electron chi connectivity index (χ1n) is 7.75. The summed E-state index contributed by atoms with van der Waals surface area (Å²) >= 11 is 8.11. The van der Waals surface area contributed by atoms with Crippen molar-refractivity contribution in [2.75, 3.05) is 13.1 Å². The fourth-order valence-electron chi connectivity index (χ4n) is 2.87. The Labute approximate surface area is 154 Å². The second kappa shape index (κ2) is 7.59. The fraction of sp³-hybridized carbons (Fsp3) is 0.278. The molecule has 3 nitrogen and oxygen atoms in total. The van der Waals surface area contributed by atoms with Crippen LogP contribution in [0.4, 0.5) is 4.39 Å². The number of rotatable bonds is 5. The summed E-state index contributed by atoms with van der Waals surface area (Å²) in [5, 5.41) is 0. The Hall–Kier alpha value is -1.50. The average molecular weight is 409 g/mol. The molecule has 3 rings (SSSR count). The van der Waals surface area contributed by atoms with Crippen LogP contribution in [-0.4, -0.2) is 29.1 Å².